The van der Waals surface area contributed by atoms with Crippen molar-refractivity contribution in [2.24, 2.45) is 5.92 Å². The summed E-state index contributed by atoms with van der Waals surface area (Å²) in [7, 11) is 0. The van der Waals surface area contributed by atoms with Gasteiger partial charge in [0.15, 0.2) is 0 Å². The summed E-state index contributed by atoms with van der Waals surface area (Å²) < 4.78 is 0. The smallest absolute Gasteiger partial charge is 0.225 e. The fourth-order valence-electron chi connectivity index (χ4n) is 2.83. The van der Waals surface area contributed by atoms with Crippen molar-refractivity contribution in [3.63, 3.8) is 0 Å². The Morgan fingerprint density at radius 1 is 1.35 bits per heavy atom. The van der Waals surface area contributed by atoms with E-state index >= 15 is 0 Å². The van der Waals surface area contributed by atoms with E-state index in [9.17, 15) is 4.79 Å². The zero-order chi connectivity index (χ0) is 13.1. The highest BCUT2D eigenvalue weighted by Crippen LogP contribution is 2.34. The fourth-order valence-corrected chi connectivity index (χ4v) is 2.83. The lowest BCUT2D eigenvalue weighted by Gasteiger charge is -2.42. The lowest BCUT2D eigenvalue weighted by molar-refractivity contribution is -0.130. The monoisotopic (exact) mass is 240 g/mol. The van der Waals surface area contributed by atoms with Crippen LogP contribution in [0, 0.1) is 5.92 Å². The van der Waals surface area contributed by atoms with Crippen LogP contribution in [0.4, 0.5) is 0 Å². The zero-order valence-electron chi connectivity index (χ0n) is 12.0. The minimum Gasteiger partial charge on any atom is -0.351 e. The molecule has 0 saturated heterocycles. The van der Waals surface area contributed by atoms with Gasteiger partial charge in [0.1, 0.15) is 0 Å². The van der Waals surface area contributed by atoms with Gasteiger partial charge in [0.05, 0.1) is 5.92 Å². The summed E-state index contributed by atoms with van der Waals surface area (Å²) in [5.74, 6) is 0.316. The average Bonchev–Trinajstić information content (AvgIpc) is 2.15. The molecule has 1 aliphatic carbocycles. The summed E-state index contributed by atoms with van der Waals surface area (Å²) in [4.78, 5) is 12.4. The van der Waals surface area contributed by atoms with Gasteiger partial charge in [0, 0.05) is 11.1 Å². The molecule has 0 heterocycles. The Balaban J connectivity index is 2.74. The largest absolute Gasteiger partial charge is 0.351 e. The molecule has 0 aliphatic heterocycles. The minimum absolute atomic E-state index is 0.0255. The van der Waals surface area contributed by atoms with Gasteiger partial charge in [-0.1, -0.05) is 19.8 Å². The second-order valence-electron chi connectivity index (χ2n) is 6.49. The molecule has 1 fully saturated rings. The predicted molar refractivity (Wildman–Crippen MR) is 71.9 cm³/mol. The fraction of sp³-hybridized carbons (Fsp3) is 0.929. The molecule has 0 bridgehead atoms. The van der Waals surface area contributed by atoms with Crippen LogP contribution < -0.4 is 10.6 Å². The van der Waals surface area contributed by atoms with E-state index in [1.165, 1.54) is 12.8 Å². The van der Waals surface area contributed by atoms with Gasteiger partial charge >= 0.3 is 0 Å². The van der Waals surface area contributed by atoms with E-state index < -0.39 is 0 Å². The van der Waals surface area contributed by atoms with Gasteiger partial charge in [-0.25, -0.2) is 0 Å². The highest BCUT2D eigenvalue weighted by molar-refractivity contribution is 5.80. The Hall–Kier alpha value is -0.570. The van der Waals surface area contributed by atoms with Gasteiger partial charge < -0.3 is 10.6 Å². The normalized spacial score (nSPS) is 30.1. The first kappa shape index (κ1) is 14.5. The third-order valence-corrected chi connectivity index (χ3v) is 3.60. The van der Waals surface area contributed by atoms with Crippen LogP contribution >= 0.6 is 0 Å². The number of carbonyl (C=O) groups excluding carboxylic acids is 1. The summed E-state index contributed by atoms with van der Waals surface area (Å²) in [6.45, 7) is 11.4. The van der Waals surface area contributed by atoms with Crippen LogP contribution in [0.3, 0.4) is 0 Å². The molecule has 2 unspecified atom stereocenters. The van der Waals surface area contributed by atoms with Gasteiger partial charge in [-0.05, 0) is 47.1 Å². The summed E-state index contributed by atoms with van der Waals surface area (Å²) in [5.41, 5.74) is -0.163. The maximum absolute atomic E-state index is 12.4. The van der Waals surface area contributed by atoms with Crippen LogP contribution in [0.5, 0.6) is 0 Å². The summed E-state index contributed by atoms with van der Waals surface area (Å²) in [6.07, 6.45) is 4.50. The molecule has 2 N–H and O–H groups in total. The van der Waals surface area contributed by atoms with Crippen molar-refractivity contribution >= 4 is 5.91 Å². The molecule has 0 aromatic carbocycles. The highest BCUT2D eigenvalue weighted by atomic mass is 16.2. The van der Waals surface area contributed by atoms with E-state index in [1.807, 2.05) is 20.8 Å². The second kappa shape index (κ2) is 5.38. The van der Waals surface area contributed by atoms with Crippen molar-refractivity contribution in [2.75, 3.05) is 6.54 Å². The van der Waals surface area contributed by atoms with Crippen molar-refractivity contribution in [3.05, 3.63) is 0 Å². The topological polar surface area (TPSA) is 41.1 Å². The highest BCUT2D eigenvalue weighted by Gasteiger charge is 2.40. The molecular formula is C14H28N2O. The number of hydrogen-bond donors (Lipinski definition) is 2. The first-order valence-electron chi connectivity index (χ1n) is 6.85. The van der Waals surface area contributed by atoms with Gasteiger partial charge in [0.2, 0.25) is 5.91 Å². The standard InChI is InChI=1S/C14H28N2O/c1-6-15-14(5)10-8-7-9-11(14)12(17)16-13(2,3)4/h11,15H,6-10H2,1-5H3,(H,16,17). The van der Waals surface area contributed by atoms with Crippen LogP contribution in [-0.4, -0.2) is 23.5 Å². The molecule has 17 heavy (non-hydrogen) atoms. The first-order valence-corrected chi connectivity index (χ1v) is 6.85. The van der Waals surface area contributed by atoms with Crippen molar-refractivity contribution in [3.8, 4) is 0 Å². The average molecular weight is 240 g/mol. The number of rotatable bonds is 3. The lowest BCUT2D eigenvalue weighted by atomic mass is 9.73. The summed E-state index contributed by atoms with van der Waals surface area (Å²) in [6, 6.07) is 0. The van der Waals surface area contributed by atoms with Crippen molar-refractivity contribution < 1.29 is 4.79 Å². The van der Waals surface area contributed by atoms with Crippen molar-refractivity contribution in [1.82, 2.24) is 10.6 Å². The van der Waals surface area contributed by atoms with Crippen LogP contribution in [0.15, 0.2) is 0 Å². The third-order valence-electron chi connectivity index (χ3n) is 3.60. The molecule has 3 heteroatoms. The summed E-state index contributed by atoms with van der Waals surface area (Å²) >= 11 is 0. The quantitative estimate of drug-likeness (QED) is 0.795. The van der Waals surface area contributed by atoms with Crippen molar-refractivity contribution in [1.29, 1.82) is 0 Å². The van der Waals surface area contributed by atoms with Crippen molar-refractivity contribution in [2.45, 2.75) is 71.4 Å². The van der Waals surface area contributed by atoms with E-state index in [4.69, 9.17) is 0 Å². The number of hydrogen-bond acceptors (Lipinski definition) is 2. The molecule has 0 aromatic heterocycles. The first-order chi connectivity index (χ1) is 7.78. The van der Waals surface area contributed by atoms with E-state index in [0.717, 1.165) is 19.4 Å². The molecule has 3 nitrogen and oxygen atoms in total. The molecule has 0 radical (unpaired) electrons. The number of carbonyl (C=O) groups is 1. The van der Waals surface area contributed by atoms with Gasteiger partial charge in [-0.3, -0.25) is 4.79 Å². The van der Waals surface area contributed by atoms with Crippen LogP contribution in [0.2, 0.25) is 0 Å². The molecule has 1 aliphatic rings. The number of amides is 1. The van der Waals surface area contributed by atoms with E-state index in [-0.39, 0.29) is 22.9 Å². The van der Waals surface area contributed by atoms with Crippen LogP contribution in [0.25, 0.3) is 0 Å². The van der Waals surface area contributed by atoms with E-state index in [1.54, 1.807) is 0 Å². The zero-order valence-corrected chi connectivity index (χ0v) is 12.0. The Morgan fingerprint density at radius 3 is 2.53 bits per heavy atom. The van der Waals surface area contributed by atoms with Gasteiger partial charge in [-0.15, -0.1) is 0 Å². The lowest BCUT2D eigenvalue weighted by Crippen LogP contribution is -2.57. The molecule has 1 amide bonds. The molecule has 0 aromatic rings. The van der Waals surface area contributed by atoms with Crippen LogP contribution in [-0.2, 0) is 4.79 Å². The van der Waals surface area contributed by atoms with Crippen LogP contribution in [0.1, 0.15) is 60.3 Å². The molecule has 1 rings (SSSR count). The Kier molecular flexibility index (Phi) is 4.59. The van der Waals surface area contributed by atoms with E-state index in [0.29, 0.717) is 0 Å². The van der Waals surface area contributed by atoms with Gasteiger partial charge in [0.25, 0.3) is 0 Å². The Bertz CT molecular complexity index is 266. The molecule has 1 saturated carbocycles. The molecule has 2 atom stereocenters. The van der Waals surface area contributed by atoms with E-state index in [2.05, 4.69) is 24.5 Å². The molecule has 0 spiro atoms. The number of nitrogens with one attached hydrogen (secondary N) is 2. The molecular weight excluding hydrogens is 212 g/mol. The Morgan fingerprint density at radius 2 is 2.00 bits per heavy atom. The third kappa shape index (κ3) is 3.98. The van der Waals surface area contributed by atoms with Gasteiger partial charge in [-0.2, -0.15) is 0 Å². The maximum Gasteiger partial charge on any atom is 0.225 e. The second-order valence-corrected chi connectivity index (χ2v) is 6.49. The minimum atomic E-state index is -0.137. The summed E-state index contributed by atoms with van der Waals surface area (Å²) in [5, 5.41) is 6.64. The maximum atomic E-state index is 12.4. The predicted octanol–water partition coefficient (Wildman–Crippen LogP) is 2.46. The SMILES string of the molecule is CCNC1(C)CCCCC1C(=O)NC(C)(C)C. The Labute approximate surface area is 106 Å². The molecule has 100 valence electrons.